The number of nitrogens with one attached hydrogen (secondary N) is 2. The third-order valence-electron chi connectivity index (χ3n) is 4.90. The standard InChI is InChI=1S/C23H27FN2O4/c1-14-6-5-7-15(2)19(14)13-21(23(29)30-4)26-22(28)20(25-16(3)27)12-17-8-10-18(24)11-9-17/h5-11,20-21H,12-13H2,1-4H3,(H,25,27)(H,26,28)/t20-,21+/m0/s1. The van der Waals surface area contributed by atoms with E-state index in [9.17, 15) is 18.8 Å². The van der Waals surface area contributed by atoms with Gasteiger partial charge >= 0.3 is 5.97 Å². The van der Waals surface area contributed by atoms with E-state index in [0.717, 1.165) is 16.7 Å². The molecule has 0 aliphatic heterocycles. The number of ether oxygens (including phenoxy) is 1. The molecule has 2 aromatic rings. The Hall–Kier alpha value is -3.22. The first-order valence-electron chi connectivity index (χ1n) is 9.66. The first-order valence-corrected chi connectivity index (χ1v) is 9.66. The molecule has 30 heavy (non-hydrogen) atoms. The fourth-order valence-electron chi connectivity index (χ4n) is 3.29. The number of hydrogen-bond donors (Lipinski definition) is 2. The van der Waals surface area contributed by atoms with Crippen molar-refractivity contribution in [2.24, 2.45) is 0 Å². The molecule has 160 valence electrons. The van der Waals surface area contributed by atoms with Gasteiger partial charge in [0.15, 0.2) is 0 Å². The Morgan fingerprint density at radius 2 is 1.53 bits per heavy atom. The molecule has 0 saturated heterocycles. The normalized spacial score (nSPS) is 12.6. The minimum absolute atomic E-state index is 0.156. The maximum absolute atomic E-state index is 13.2. The van der Waals surface area contributed by atoms with Crippen molar-refractivity contribution in [2.45, 2.75) is 45.7 Å². The van der Waals surface area contributed by atoms with Crippen LogP contribution in [0.15, 0.2) is 42.5 Å². The molecule has 0 unspecified atom stereocenters. The van der Waals surface area contributed by atoms with Gasteiger partial charge in [-0.1, -0.05) is 30.3 Å². The highest BCUT2D eigenvalue weighted by molar-refractivity contribution is 5.90. The van der Waals surface area contributed by atoms with Crippen LogP contribution in [0.1, 0.15) is 29.2 Å². The highest BCUT2D eigenvalue weighted by Crippen LogP contribution is 2.16. The Morgan fingerprint density at radius 1 is 0.933 bits per heavy atom. The molecule has 7 heteroatoms. The smallest absolute Gasteiger partial charge is 0.328 e. The topological polar surface area (TPSA) is 84.5 Å². The summed E-state index contributed by atoms with van der Waals surface area (Å²) in [4.78, 5) is 36.9. The van der Waals surface area contributed by atoms with Gasteiger partial charge in [0.25, 0.3) is 0 Å². The van der Waals surface area contributed by atoms with E-state index in [1.165, 1.54) is 26.2 Å². The molecule has 0 aliphatic carbocycles. The summed E-state index contributed by atoms with van der Waals surface area (Å²) >= 11 is 0. The number of carbonyl (C=O) groups is 3. The van der Waals surface area contributed by atoms with E-state index >= 15 is 0 Å². The molecule has 0 radical (unpaired) electrons. The fourth-order valence-corrected chi connectivity index (χ4v) is 3.29. The van der Waals surface area contributed by atoms with Crippen LogP contribution in [-0.2, 0) is 32.0 Å². The summed E-state index contributed by atoms with van der Waals surface area (Å²) in [7, 11) is 1.26. The third-order valence-corrected chi connectivity index (χ3v) is 4.90. The molecule has 2 amide bonds. The van der Waals surface area contributed by atoms with Crippen LogP contribution in [0.4, 0.5) is 4.39 Å². The summed E-state index contributed by atoms with van der Waals surface area (Å²) < 4.78 is 18.0. The predicted octanol–water partition coefficient (Wildman–Crippen LogP) is 2.39. The first-order chi connectivity index (χ1) is 14.2. The summed E-state index contributed by atoms with van der Waals surface area (Å²) in [6, 6.07) is 9.64. The van der Waals surface area contributed by atoms with Gasteiger partial charge in [-0.3, -0.25) is 9.59 Å². The molecule has 2 N–H and O–H groups in total. The maximum atomic E-state index is 13.2. The Bertz CT molecular complexity index is 892. The highest BCUT2D eigenvalue weighted by atomic mass is 19.1. The van der Waals surface area contributed by atoms with Crippen LogP contribution in [0.25, 0.3) is 0 Å². The van der Waals surface area contributed by atoms with E-state index in [-0.39, 0.29) is 18.7 Å². The van der Waals surface area contributed by atoms with Crippen molar-refractivity contribution in [1.82, 2.24) is 10.6 Å². The van der Waals surface area contributed by atoms with Gasteiger partial charge in [-0.2, -0.15) is 0 Å². The van der Waals surface area contributed by atoms with Gasteiger partial charge in [-0.25, -0.2) is 9.18 Å². The number of carbonyl (C=O) groups excluding carboxylic acids is 3. The van der Waals surface area contributed by atoms with Crippen LogP contribution in [0.3, 0.4) is 0 Å². The quantitative estimate of drug-likeness (QED) is 0.650. The van der Waals surface area contributed by atoms with Crippen molar-refractivity contribution in [3.63, 3.8) is 0 Å². The summed E-state index contributed by atoms with van der Waals surface area (Å²) in [6.45, 7) is 5.18. The van der Waals surface area contributed by atoms with Gasteiger partial charge in [0.1, 0.15) is 17.9 Å². The number of amides is 2. The molecule has 6 nitrogen and oxygen atoms in total. The van der Waals surface area contributed by atoms with Crippen LogP contribution in [0.5, 0.6) is 0 Å². The van der Waals surface area contributed by atoms with Gasteiger partial charge in [0.05, 0.1) is 7.11 Å². The molecule has 2 rings (SSSR count). The number of esters is 1. The van der Waals surface area contributed by atoms with E-state index in [0.29, 0.717) is 5.56 Å². The van der Waals surface area contributed by atoms with Gasteiger partial charge in [-0.15, -0.1) is 0 Å². The van der Waals surface area contributed by atoms with Crippen molar-refractivity contribution in [3.05, 3.63) is 70.5 Å². The summed E-state index contributed by atoms with van der Waals surface area (Å²) in [6.07, 6.45) is 0.420. The average Bonchev–Trinajstić information content (AvgIpc) is 2.70. The average molecular weight is 414 g/mol. The van der Waals surface area contributed by atoms with Crippen molar-refractivity contribution in [1.29, 1.82) is 0 Å². The molecule has 0 aromatic heterocycles. The fraction of sp³-hybridized carbons (Fsp3) is 0.348. The number of benzene rings is 2. The van der Waals surface area contributed by atoms with Crippen LogP contribution in [0.2, 0.25) is 0 Å². The molecule has 2 aromatic carbocycles. The van der Waals surface area contributed by atoms with E-state index < -0.39 is 29.8 Å². The lowest BCUT2D eigenvalue weighted by molar-refractivity contribution is -0.145. The first kappa shape index (κ1) is 23.1. The second-order valence-electron chi connectivity index (χ2n) is 7.24. The minimum atomic E-state index is -0.918. The van der Waals surface area contributed by atoms with Crippen LogP contribution >= 0.6 is 0 Å². The molecule has 0 spiro atoms. The third kappa shape index (κ3) is 6.40. The minimum Gasteiger partial charge on any atom is -0.467 e. The van der Waals surface area contributed by atoms with Crippen LogP contribution in [-0.4, -0.2) is 37.0 Å². The molecule has 0 bridgehead atoms. The van der Waals surface area contributed by atoms with Crippen molar-refractivity contribution >= 4 is 17.8 Å². The lowest BCUT2D eigenvalue weighted by atomic mass is 9.96. The van der Waals surface area contributed by atoms with E-state index in [2.05, 4.69) is 10.6 Å². The zero-order valence-corrected chi connectivity index (χ0v) is 17.6. The Kier molecular flexibility index (Phi) is 8.09. The van der Waals surface area contributed by atoms with Crippen LogP contribution < -0.4 is 10.6 Å². The zero-order chi connectivity index (χ0) is 22.3. The molecule has 0 aliphatic rings. The molecule has 0 saturated carbocycles. The van der Waals surface area contributed by atoms with Gasteiger partial charge in [-0.05, 0) is 48.2 Å². The van der Waals surface area contributed by atoms with Crippen molar-refractivity contribution in [2.75, 3.05) is 7.11 Å². The lowest BCUT2D eigenvalue weighted by Crippen LogP contribution is -2.53. The highest BCUT2D eigenvalue weighted by Gasteiger charge is 2.28. The SMILES string of the molecule is COC(=O)[C@@H](Cc1c(C)cccc1C)NC(=O)[C@H](Cc1ccc(F)cc1)NC(C)=O. The predicted molar refractivity (Wildman–Crippen MR) is 111 cm³/mol. The van der Waals surface area contributed by atoms with Gasteiger partial charge in [0.2, 0.25) is 11.8 Å². The van der Waals surface area contributed by atoms with E-state index in [4.69, 9.17) is 4.74 Å². The number of aryl methyl sites for hydroxylation is 2. The number of halogens is 1. The molecule has 0 heterocycles. The zero-order valence-electron chi connectivity index (χ0n) is 17.6. The number of hydrogen-bond acceptors (Lipinski definition) is 4. The van der Waals surface area contributed by atoms with Gasteiger partial charge < -0.3 is 15.4 Å². The second-order valence-corrected chi connectivity index (χ2v) is 7.24. The summed E-state index contributed by atoms with van der Waals surface area (Å²) in [5, 5.41) is 5.30. The molecular formula is C23H27FN2O4. The molecular weight excluding hydrogens is 387 g/mol. The lowest BCUT2D eigenvalue weighted by Gasteiger charge is -2.23. The van der Waals surface area contributed by atoms with Crippen LogP contribution in [0, 0.1) is 19.7 Å². The van der Waals surface area contributed by atoms with E-state index in [1.807, 2.05) is 32.0 Å². The Balaban J connectivity index is 2.22. The largest absolute Gasteiger partial charge is 0.467 e. The monoisotopic (exact) mass is 414 g/mol. The molecule has 0 fully saturated rings. The van der Waals surface area contributed by atoms with Gasteiger partial charge in [0, 0.05) is 19.8 Å². The van der Waals surface area contributed by atoms with E-state index in [1.54, 1.807) is 12.1 Å². The summed E-state index contributed by atoms with van der Waals surface area (Å²) in [5.41, 5.74) is 3.63. The Labute approximate surface area is 175 Å². The molecule has 2 atom stereocenters. The second kappa shape index (κ2) is 10.5. The maximum Gasteiger partial charge on any atom is 0.328 e. The summed E-state index contributed by atoms with van der Waals surface area (Å²) in [5.74, 6) is -1.87. The van der Waals surface area contributed by atoms with Crippen molar-refractivity contribution < 1.29 is 23.5 Å². The van der Waals surface area contributed by atoms with Crippen molar-refractivity contribution in [3.8, 4) is 0 Å². The number of rotatable bonds is 8. The Morgan fingerprint density at radius 3 is 2.07 bits per heavy atom. The number of methoxy groups -OCH3 is 1.